The van der Waals surface area contributed by atoms with Crippen molar-refractivity contribution in [3.8, 4) is 0 Å². The second kappa shape index (κ2) is 4.82. The Morgan fingerprint density at radius 2 is 1.83 bits per heavy atom. The Morgan fingerprint density at radius 1 is 1.17 bits per heavy atom. The van der Waals surface area contributed by atoms with Gasteiger partial charge in [-0.3, -0.25) is 0 Å². The van der Waals surface area contributed by atoms with Crippen LogP contribution in [0.15, 0.2) is 11.8 Å². The molecule has 0 unspecified atom stereocenters. The van der Waals surface area contributed by atoms with E-state index in [-0.39, 0.29) is 5.54 Å². The third kappa shape index (κ3) is 2.77. The molecule has 0 radical (unpaired) electrons. The summed E-state index contributed by atoms with van der Waals surface area (Å²) in [5.74, 6) is 0. The van der Waals surface area contributed by atoms with Gasteiger partial charge in [-0.05, 0) is 0 Å². The molecule has 2 heterocycles. The van der Waals surface area contributed by atoms with E-state index in [1.165, 1.54) is 19.5 Å². The maximum absolute atomic E-state index is 2.68. The van der Waals surface area contributed by atoms with Crippen LogP contribution in [-0.2, 0) is 0 Å². The topological polar surface area (TPSA) is 9.72 Å². The first kappa shape index (κ1) is 14.4. The summed E-state index contributed by atoms with van der Waals surface area (Å²) < 4.78 is 2.99. The second-order valence-corrected chi connectivity index (χ2v) is 10.1. The summed E-state index contributed by atoms with van der Waals surface area (Å²) in [5.41, 5.74) is 1.84. The number of likely N-dealkylation sites (N-methyl/N-ethyl adjacent to an activating group) is 2. The van der Waals surface area contributed by atoms with Crippen LogP contribution in [0, 0.1) is 0 Å². The zero-order valence-corrected chi connectivity index (χ0v) is 14.4. The molecule has 0 aromatic heterocycles. The molecular weight excluding hydrogens is 289 g/mol. The van der Waals surface area contributed by atoms with Crippen molar-refractivity contribution in [2.24, 2.45) is 0 Å². The summed E-state index contributed by atoms with van der Waals surface area (Å²) in [4.78, 5) is 4.95. The first-order valence-electron chi connectivity index (χ1n) is 6.80. The van der Waals surface area contributed by atoms with Gasteiger partial charge in [0.25, 0.3) is 0 Å². The third-order valence-corrected chi connectivity index (χ3v) is 7.03. The Hall–Kier alpha value is -0.0205. The summed E-state index contributed by atoms with van der Waals surface area (Å²) in [6.07, 6.45) is 3.65. The van der Waals surface area contributed by atoms with Gasteiger partial charge in [-0.15, -0.1) is 0 Å². The molecule has 104 valence electrons. The van der Waals surface area contributed by atoms with E-state index in [1.807, 2.05) is 0 Å². The first-order valence-corrected chi connectivity index (χ1v) is 8.43. The van der Waals surface area contributed by atoms with Crippen LogP contribution in [0.5, 0.6) is 0 Å². The van der Waals surface area contributed by atoms with Crippen molar-refractivity contribution < 1.29 is 0 Å². The molecule has 2 aliphatic heterocycles. The minimum absolute atomic E-state index is 0.258. The standard InChI is InChI=1S/C14H27N3Se/c1-13(2)11-17(18-14(3,4)16(13)6)12-7-9-15(5)10-8-12/h7H,8-11H2,1-6H3. The predicted octanol–water partition coefficient (Wildman–Crippen LogP) is 1.59. The van der Waals surface area contributed by atoms with Crippen LogP contribution in [-0.4, -0.2) is 72.6 Å². The van der Waals surface area contributed by atoms with Gasteiger partial charge in [-0.2, -0.15) is 0 Å². The van der Waals surface area contributed by atoms with Crippen LogP contribution >= 0.6 is 0 Å². The van der Waals surface area contributed by atoms with Crippen LogP contribution in [0.4, 0.5) is 0 Å². The van der Waals surface area contributed by atoms with Crippen molar-refractivity contribution in [3.63, 3.8) is 0 Å². The van der Waals surface area contributed by atoms with Crippen LogP contribution in [0.1, 0.15) is 34.1 Å². The molecule has 1 fully saturated rings. The van der Waals surface area contributed by atoms with Crippen LogP contribution in [0.25, 0.3) is 0 Å². The normalized spacial score (nSPS) is 29.2. The quantitative estimate of drug-likeness (QED) is 0.680. The summed E-state index contributed by atoms with van der Waals surface area (Å²) >= 11 is 0.513. The van der Waals surface area contributed by atoms with Gasteiger partial charge in [-0.25, -0.2) is 0 Å². The molecule has 2 rings (SSSR count). The fourth-order valence-corrected chi connectivity index (χ4v) is 6.00. The SMILES string of the molecule is CN1CC=C(N2CC(C)(C)N(C)C(C)(C)[Se]2)CC1. The molecule has 3 nitrogen and oxygen atoms in total. The summed E-state index contributed by atoms with van der Waals surface area (Å²) in [5, 5.41) is 0. The van der Waals surface area contributed by atoms with Gasteiger partial charge in [0.2, 0.25) is 0 Å². The Kier molecular flexibility index (Phi) is 3.86. The van der Waals surface area contributed by atoms with Gasteiger partial charge in [-0.1, -0.05) is 0 Å². The summed E-state index contributed by atoms with van der Waals surface area (Å²) in [6.45, 7) is 13.0. The fourth-order valence-electron chi connectivity index (χ4n) is 2.70. The van der Waals surface area contributed by atoms with E-state index in [4.69, 9.17) is 0 Å². The molecule has 0 spiro atoms. The molecule has 0 bridgehead atoms. The Labute approximate surface area is 119 Å². The second-order valence-electron chi connectivity index (χ2n) is 6.65. The summed E-state index contributed by atoms with van der Waals surface area (Å²) in [7, 11) is 4.48. The molecule has 0 N–H and O–H groups in total. The Bertz CT molecular complexity index is 331. The minimum atomic E-state index is 0.258. The van der Waals surface area contributed by atoms with Gasteiger partial charge in [0.1, 0.15) is 0 Å². The Balaban J connectivity index is 2.16. The average molecular weight is 316 g/mol. The van der Waals surface area contributed by atoms with Gasteiger partial charge in [0, 0.05) is 0 Å². The van der Waals surface area contributed by atoms with E-state index in [0.717, 1.165) is 6.54 Å². The average Bonchev–Trinajstić information content (AvgIpc) is 2.26. The van der Waals surface area contributed by atoms with E-state index < -0.39 is 0 Å². The number of hydrogen-bond donors (Lipinski definition) is 0. The van der Waals surface area contributed by atoms with Gasteiger partial charge < -0.3 is 0 Å². The van der Waals surface area contributed by atoms with E-state index in [1.54, 1.807) is 5.70 Å². The van der Waals surface area contributed by atoms with Crippen molar-refractivity contribution in [1.82, 2.24) is 13.7 Å². The number of nitrogens with zero attached hydrogens (tertiary/aromatic N) is 3. The van der Waals surface area contributed by atoms with Crippen molar-refractivity contribution in [2.75, 3.05) is 33.7 Å². The monoisotopic (exact) mass is 317 g/mol. The summed E-state index contributed by atoms with van der Waals surface area (Å²) in [6, 6.07) is 0. The van der Waals surface area contributed by atoms with Crippen LogP contribution in [0.3, 0.4) is 0 Å². The van der Waals surface area contributed by atoms with Crippen molar-refractivity contribution in [3.05, 3.63) is 11.8 Å². The number of rotatable bonds is 1. The van der Waals surface area contributed by atoms with Gasteiger partial charge >= 0.3 is 118 Å². The Morgan fingerprint density at radius 3 is 2.33 bits per heavy atom. The fraction of sp³-hybridized carbons (Fsp3) is 0.857. The first-order chi connectivity index (χ1) is 8.22. The molecule has 2 aliphatic rings. The molecule has 18 heavy (non-hydrogen) atoms. The molecule has 0 saturated carbocycles. The van der Waals surface area contributed by atoms with Crippen LogP contribution in [0.2, 0.25) is 0 Å². The number of hydrogen-bond acceptors (Lipinski definition) is 3. The maximum atomic E-state index is 2.68. The molecule has 0 aliphatic carbocycles. The van der Waals surface area contributed by atoms with E-state index in [0.29, 0.717) is 19.6 Å². The zero-order valence-electron chi connectivity index (χ0n) is 12.7. The molecule has 0 atom stereocenters. The molecular formula is C14H27N3Se. The molecule has 0 aromatic rings. The van der Waals surface area contributed by atoms with Crippen molar-refractivity contribution in [1.29, 1.82) is 0 Å². The molecule has 0 aromatic carbocycles. The van der Waals surface area contributed by atoms with E-state index >= 15 is 0 Å². The molecule has 4 heteroatoms. The molecule has 0 amide bonds. The van der Waals surface area contributed by atoms with Crippen LogP contribution < -0.4 is 0 Å². The van der Waals surface area contributed by atoms with Gasteiger partial charge in [0.15, 0.2) is 0 Å². The molecule has 1 saturated heterocycles. The van der Waals surface area contributed by atoms with Crippen molar-refractivity contribution >= 4 is 15.2 Å². The van der Waals surface area contributed by atoms with Gasteiger partial charge in [0.05, 0.1) is 0 Å². The predicted molar refractivity (Wildman–Crippen MR) is 78.6 cm³/mol. The zero-order chi connectivity index (χ0) is 13.6. The third-order valence-electron chi connectivity index (χ3n) is 4.29. The van der Waals surface area contributed by atoms with E-state index in [2.05, 4.69) is 61.6 Å². The van der Waals surface area contributed by atoms with E-state index in [9.17, 15) is 0 Å². The van der Waals surface area contributed by atoms with Crippen molar-refractivity contribution in [2.45, 2.75) is 44.1 Å².